The van der Waals surface area contributed by atoms with Gasteiger partial charge in [-0.15, -0.1) is 0 Å². The van der Waals surface area contributed by atoms with Gasteiger partial charge < -0.3 is 26.0 Å². The third-order valence-electron chi connectivity index (χ3n) is 15.1. The lowest BCUT2D eigenvalue weighted by atomic mass is 10.1. The van der Waals surface area contributed by atoms with Gasteiger partial charge in [-0.2, -0.15) is 0 Å². The molecule has 1 unspecified atom stereocenters. The molecule has 424 valence electrons. The lowest BCUT2D eigenvalue weighted by Gasteiger charge is -2.26. The van der Waals surface area contributed by atoms with E-state index in [2.05, 4.69) is 53.4 Å². The smallest absolute Gasteiger partial charge is 0.234 e. The molecule has 2 amide bonds. The van der Waals surface area contributed by atoms with Gasteiger partial charge in [0, 0.05) is 26.2 Å². The van der Waals surface area contributed by atoms with Crippen molar-refractivity contribution in [1.82, 2.24) is 25.8 Å². The highest BCUT2D eigenvalue weighted by Crippen LogP contribution is 2.16. The number of unbranched alkanes of at least 4 members (excludes halogenated alkanes) is 41. The average Bonchev–Trinajstić information content (AvgIpc) is 3.36. The number of carbonyl (C=O) groups is 2. The number of nitrogens with one attached hydrogen (secondary N) is 3. The van der Waals surface area contributed by atoms with Crippen molar-refractivity contribution in [3.05, 3.63) is 0 Å². The Morgan fingerprint density at radius 2 is 0.592 bits per heavy atom. The van der Waals surface area contributed by atoms with Crippen LogP contribution in [0.1, 0.15) is 323 Å². The van der Waals surface area contributed by atoms with Crippen LogP contribution >= 0.6 is 0 Å². The molecule has 8 heteroatoms. The van der Waals surface area contributed by atoms with Crippen molar-refractivity contribution in [2.75, 3.05) is 65.4 Å². The molecular formula is C63H129N5O3. The predicted octanol–water partition coefficient (Wildman–Crippen LogP) is 16.8. The summed E-state index contributed by atoms with van der Waals surface area (Å²) in [6.07, 6.45) is 60.0. The second kappa shape index (κ2) is 59.7. The highest BCUT2D eigenvalue weighted by atomic mass is 16.3. The van der Waals surface area contributed by atoms with E-state index >= 15 is 0 Å². The predicted molar refractivity (Wildman–Crippen MR) is 313 cm³/mol. The zero-order valence-electron chi connectivity index (χ0n) is 48.8. The quantitative estimate of drug-likeness (QED) is 0.0453. The largest absolute Gasteiger partial charge is 0.390 e. The van der Waals surface area contributed by atoms with Crippen LogP contribution in [0.4, 0.5) is 0 Å². The molecule has 0 aromatic carbocycles. The van der Waals surface area contributed by atoms with Crippen LogP contribution in [0.15, 0.2) is 0 Å². The first kappa shape index (κ1) is 69.8. The molecule has 0 bridgehead atoms. The average molecular weight is 1000 g/mol. The topological polar surface area (TPSA) is 96.9 Å². The van der Waals surface area contributed by atoms with Crippen LogP contribution < -0.4 is 16.0 Å². The summed E-state index contributed by atoms with van der Waals surface area (Å²) in [5.41, 5.74) is 0. The van der Waals surface area contributed by atoms with Crippen molar-refractivity contribution in [1.29, 1.82) is 0 Å². The van der Waals surface area contributed by atoms with Crippen LogP contribution in [0.2, 0.25) is 0 Å². The van der Waals surface area contributed by atoms with Crippen molar-refractivity contribution in [3.8, 4) is 0 Å². The van der Waals surface area contributed by atoms with Gasteiger partial charge in [0.2, 0.25) is 11.8 Å². The van der Waals surface area contributed by atoms with Gasteiger partial charge in [0.15, 0.2) is 0 Å². The number of hydrogen-bond donors (Lipinski definition) is 4. The van der Waals surface area contributed by atoms with Crippen LogP contribution in [0.25, 0.3) is 0 Å². The first-order valence-electron chi connectivity index (χ1n) is 32.3. The molecular weight excluding hydrogens is 875 g/mol. The molecule has 0 aliphatic heterocycles. The van der Waals surface area contributed by atoms with E-state index in [1.54, 1.807) is 0 Å². The van der Waals surface area contributed by atoms with Crippen LogP contribution in [-0.2, 0) is 9.59 Å². The summed E-state index contributed by atoms with van der Waals surface area (Å²) in [6.45, 7) is 16.5. The van der Waals surface area contributed by atoms with E-state index in [-0.39, 0.29) is 18.4 Å². The van der Waals surface area contributed by atoms with E-state index in [9.17, 15) is 14.7 Å². The third-order valence-corrected chi connectivity index (χ3v) is 15.1. The summed E-state index contributed by atoms with van der Waals surface area (Å²) in [5.74, 6) is 0.221. The normalized spacial score (nSPS) is 12.2. The first-order chi connectivity index (χ1) is 35.0. The van der Waals surface area contributed by atoms with Crippen LogP contribution in [0, 0.1) is 0 Å². The molecule has 0 fully saturated rings. The number of aliphatic hydroxyl groups is 1. The van der Waals surface area contributed by atoms with Crippen LogP contribution in [0.3, 0.4) is 0 Å². The number of hydrogen-bond acceptors (Lipinski definition) is 6. The Bertz CT molecular complexity index is 1050. The van der Waals surface area contributed by atoms with Crippen molar-refractivity contribution in [2.24, 2.45) is 0 Å². The SMILES string of the molecule is CCCCCCCCCCCCCCN(CCCCN(CCCCCCCCCCCCCC)CC(O)CNCC(=O)NCCCCCCCCCCCC)CC(=O)NCCCCCCCCCCCC. The molecule has 0 rings (SSSR count). The molecule has 0 radical (unpaired) electrons. The fraction of sp³-hybridized carbons (Fsp3) is 0.968. The van der Waals surface area contributed by atoms with Crippen molar-refractivity contribution in [3.63, 3.8) is 0 Å². The van der Waals surface area contributed by atoms with Gasteiger partial charge >= 0.3 is 0 Å². The Kier molecular flexibility index (Phi) is 58.6. The highest BCUT2D eigenvalue weighted by Gasteiger charge is 2.15. The summed E-state index contributed by atoms with van der Waals surface area (Å²) in [5, 5.41) is 20.8. The molecule has 0 aromatic rings. The lowest BCUT2D eigenvalue weighted by Crippen LogP contribution is -2.42. The summed E-state index contributed by atoms with van der Waals surface area (Å²) in [6, 6.07) is 0. The molecule has 1 atom stereocenters. The van der Waals surface area contributed by atoms with Gasteiger partial charge in [-0.05, 0) is 64.7 Å². The second-order valence-corrected chi connectivity index (χ2v) is 22.4. The molecule has 0 saturated heterocycles. The highest BCUT2D eigenvalue weighted by molar-refractivity contribution is 5.78. The summed E-state index contributed by atoms with van der Waals surface area (Å²) < 4.78 is 0. The van der Waals surface area contributed by atoms with E-state index in [1.807, 2.05) is 0 Å². The number of nitrogens with zero attached hydrogens (tertiary/aromatic N) is 2. The number of carbonyl (C=O) groups excluding carboxylic acids is 2. The van der Waals surface area contributed by atoms with Gasteiger partial charge in [-0.25, -0.2) is 0 Å². The zero-order valence-corrected chi connectivity index (χ0v) is 48.8. The molecule has 0 heterocycles. The van der Waals surface area contributed by atoms with E-state index in [1.165, 1.54) is 270 Å². The summed E-state index contributed by atoms with van der Waals surface area (Å²) in [4.78, 5) is 30.7. The minimum atomic E-state index is -0.511. The number of aliphatic hydroxyl groups excluding tert-OH is 1. The van der Waals surface area contributed by atoms with Crippen molar-refractivity contribution < 1.29 is 14.7 Å². The molecule has 0 aromatic heterocycles. The van der Waals surface area contributed by atoms with E-state index in [4.69, 9.17) is 0 Å². The summed E-state index contributed by atoms with van der Waals surface area (Å²) >= 11 is 0. The molecule has 0 aliphatic rings. The third kappa shape index (κ3) is 56.3. The molecule has 4 N–H and O–H groups in total. The van der Waals surface area contributed by atoms with Gasteiger partial charge in [-0.1, -0.05) is 285 Å². The van der Waals surface area contributed by atoms with Crippen LogP contribution in [-0.4, -0.2) is 98.3 Å². The maximum atomic E-state index is 13.2. The maximum absolute atomic E-state index is 13.2. The van der Waals surface area contributed by atoms with Crippen LogP contribution in [0.5, 0.6) is 0 Å². The molecule has 71 heavy (non-hydrogen) atoms. The van der Waals surface area contributed by atoms with Gasteiger partial charge in [-0.3, -0.25) is 14.5 Å². The first-order valence-corrected chi connectivity index (χ1v) is 32.3. The molecule has 0 spiro atoms. The van der Waals surface area contributed by atoms with E-state index in [0.717, 1.165) is 65.0 Å². The van der Waals surface area contributed by atoms with Crippen molar-refractivity contribution in [2.45, 2.75) is 329 Å². The number of amides is 2. The Morgan fingerprint density at radius 1 is 0.338 bits per heavy atom. The lowest BCUT2D eigenvalue weighted by molar-refractivity contribution is -0.122. The van der Waals surface area contributed by atoms with Crippen molar-refractivity contribution >= 4 is 11.8 Å². The standard InChI is InChI=1S/C63H129N5O3/c1-5-9-13-17-21-25-29-31-35-39-43-47-53-67(59-61(69)57-64-58-62(70)65-51-45-41-37-33-27-23-19-15-11-7-3)55-49-50-56-68(54-48-44-40-36-32-30-26-22-18-14-10-6-2)60-63(71)66-52-46-42-38-34-28-24-20-16-12-8-4/h61,64,69H,5-60H2,1-4H3,(H,65,70)(H,66,71). The molecule has 0 saturated carbocycles. The minimum absolute atomic E-state index is 0.0296. The molecule has 0 aliphatic carbocycles. The van der Waals surface area contributed by atoms with Gasteiger partial charge in [0.05, 0.1) is 19.2 Å². The fourth-order valence-corrected chi connectivity index (χ4v) is 10.3. The zero-order chi connectivity index (χ0) is 51.6. The second-order valence-electron chi connectivity index (χ2n) is 22.4. The maximum Gasteiger partial charge on any atom is 0.234 e. The Morgan fingerprint density at radius 3 is 0.915 bits per heavy atom. The monoisotopic (exact) mass is 1000 g/mol. The fourth-order valence-electron chi connectivity index (χ4n) is 10.3. The Hall–Kier alpha value is -1.22. The van der Waals surface area contributed by atoms with E-state index < -0.39 is 6.10 Å². The number of rotatable bonds is 61. The Balaban J connectivity index is 4.95. The Labute approximate surface area is 445 Å². The minimum Gasteiger partial charge on any atom is -0.390 e. The van der Waals surface area contributed by atoms with Gasteiger partial charge in [0.25, 0.3) is 0 Å². The van der Waals surface area contributed by atoms with Gasteiger partial charge in [0.1, 0.15) is 0 Å². The molecule has 8 nitrogen and oxygen atoms in total. The summed E-state index contributed by atoms with van der Waals surface area (Å²) in [7, 11) is 0. The van der Waals surface area contributed by atoms with E-state index in [0.29, 0.717) is 19.6 Å².